The van der Waals surface area contributed by atoms with Crippen LogP contribution in [0.5, 0.6) is 11.5 Å². The molecule has 3 heterocycles. The Labute approximate surface area is 173 Å². The molecular weight excluding hydrogens is 382 g/mol. The van der Waals surface area contributed by atoms with E-state index in [1.165, 1.54) is 0 Å². The van der Waals surface area contributed by atoms with E-state index in [-0.39, 0.29) is 18.1 Å². The van der Waals surface area contributed by atoms with E-state index in [9.17, 15) is 9.59 Å². The quantitative estimate of drug-likeness (QED) is 0.725. The molecule has 3 aromatic rings. The zero-order valence-electron chi connectivity index (χ0n) is 16.6. The molecule has 1 unspecified atom stereocenters. The number of carbonyl (C=O) groups is 2. The number of H-pyrrole nitrogens is 1. The van der Waals surface area contributed by atoms with E-state index < -0.39 is 5.60 Å². The number of hydrogen-bond acceptors (Lipinski definition) is 5. The lowest BCUT2D eigenvalue weighted by Crippen LogP contribution is -2.45. The summed E-state index contributed by atoms with van der Waals surface area (Å²) in [6.07, 6.45) is 0.898. The maximum absolute atomic E-state index is 13.1. The normalized spacial score (nSPS) is 20.2. The Bertz CT molecular complexity index is 1140. The molecule has 2 aromatic carbocycles. The molecule has 1 atom stereocenters. The molecule has 0 aliphatic carbocycles. The number of para-hydroxylation sites is 2. The van der Waals surface area contributed by atoms with Gasteiger partial charge in [0, 0.05) is 18.5 Å². The number of fused-ring (bicyclic) bond motifs is 1. The molecule has 1 spiro atoms. The number of aromatic amines is 1. The number of carbonyl (C=O) groups excluding carboxylic acids is 2. The highest BCUT2D eigenvalue weighted by atomic mass is 16.5. The number of aromatic nitrogens is 2. The lowest BCUT2D eigenvalue weighted by atomic mass is 9.89. The number of nitrogens with one attached hydrogen (secondary N) is 1. The highest BCUT2D eigenvalue weighted by Gasteiger charge is 2.47. The summed E-state index contributed by atoms with van der Waals surface area (Å²) in [6.45, 7) is 0.895. The van der Waals surface area contributed by atoms with Crippen molar-refractivity contribution in [2.24, 2.45) is 0 Å². The summed E-state index contributed by atoms with van der Waals surface area (Å²) in [7, 11) is 1.60. The molecule has 7 nitrogen and oxygen atoms in total. The molecule has 30 heavy (non-hydrogen) atoms. The summed E-state index contributed by atoms with van der Waals surface area (Å²) in [5.41, 5.74) is 1.80. The number of likely N-dealkylation sites (tertiary alicyclic amines) is 1. The Balaban J connectivity index is 1.35. The fraction of sp³-hybridized carbons (Fsp3) is 0.261. The molecule has 1 saturated heterocycles. The van der Waals surface area contributed by atoms with Gasteiger partial charge in [-0.05, 0) is 30.3 Å². The van der Waals surface area contributed by atoms with Gasteiger partial charge in [0.1, 0.15) is 22.8 Å². The van der Waals surface area contributed by atoms with Gasteiger partial charge >= 0.3 is 0 Å². The predicted octanol–water partition coefficient (Wildman–Crippen LogP) is 3.34. The van der Waals surface area contributed by atoms with Gasteiger partial charge in [-0.25, -0.2) is 0 Å². The molecule has 7 heteroatoms. The Hall–Kier alpha value is -3.61. The average molecular weight is 403 g/mol. The van der Waals surface area contributed by atoms with Gasteiger partial charge in [-0.3, -0.25) is 14.7 Å². The first-order valence-corrected chi connectivity index (χ1v) is 9.88. The van der Waals surface area contributed by atoms with Crippen LogP contribution >= 0.6 is 0 Å². The van der Waals surface area contributed by atoms with Crippen molar-refractivity contribution in [3.8, 4) is 22.8 Å². The van der Waals surface area contributed by atoms with Crippen molar-refractivity contribution < 1.29 is 19.1 Å². The summed E-state index contributed by atoms with van der Waals surface area (Å²) >= 11 is 0. The Morgan fingerprint density at radius 1 is 1.17 bits per heavy atom. The molecular formula is C23H21N3O4. The first-order valence-electron chi connectivity index (χ1n) is 9.88. The van der Waals surface area contributed by atoms with E-state index in [1.54, 1.807) is 24.1 Å². The van der Waals surface area contributed by atoms with Crippen molar-refractivity contribution in [3.63, 3.8) is 0 Å². The number of Topliss-reactive ketones (excluding diaryl/α,β-unsaturated/α-hetero) is 1. The van der Waals surface area contributed by atoms with Crippen molar-refractivity contribution >= 4 is 11.7 Å². The van der Waals surface area contributed by atoms with Crippen LogP contribution in [0, 0.1) is 0 Å². The lowest BCUT2D eigenvalue weighted by molar-refractivity contribution is 0.0427. The molecule has 152 valence electrons. The van der Waals surface area contributed by atoms with E-state index in [2.05, 4.69) is 10.2 Å². The fourth-order valence-electron chi connectivity index (χ4n) is 4.28. The SMILES string of the molecule is COc1ccccc1-c1cc(C(=O)N2CCC3(CC(=O)c4ccccc4O3)C2)[nH]n1. The smallest absolute Gasteiger partial charge is 0.272 e. The number of ether oxygens (including phenoxy) is 2. The lowest BCUT2D eigenvalue weighted by Gasteiger charge is -2.34. The van der Waals surface area contributed by atoms with Gasteiger partial charge < -0.3 is 14.4 Å². The fourth-order valence-corrected chi connectivity index (χ4v) is 4.28. The Morgan fingerprint density at radius 3 is 2.77 bits per heavy atom. The second-order valence-corrected chi connectivity index (χ2v) is 7.73. The van der Waals surface area contributed by atoms with Crippen molar-refractivity contribution in [2.45, 2.75) is 18.4 Å². The first-order chi connectivity index (χ1) is 14.6. The summed E-state index contributed by atoms with van der Waals surface area (Å²) in [4.78, 5) is 27.4. The molecule has 1 amide bonds. The molecule has 1 fully saturated rings. The number of benzene rings is 2. The largest absolute Gasteiger partial charge is 0.496 e. The topological polar surface area (TPSA) is 84.5 Å². The highest BCUT2D eigenvalue weighted by Crippen LogP contribution is 2.39. The molecule has 1 aromatic heterocycles. The monoisotopic (exact) mass is 403 g/mol. The Morgan fingerprint density at radius 2 is 1.93 bits per heavy atom. The minimum absolute atomic E-state index is 0.0612. The standard InChI is InChI=1S/C23H21N3O4/c1-29-20-8-4-2-6-15(20)17-12-18(25-24-17)22(28)26-11-10-23(14-26)13-19(27)16-7-3-5-9-21(16)30-23/h2-9,12H,10-11,13-14H2,1H3,(H,24,25). The van der Waals surface area contributed by atoms with Gasteiger partial charge in [0.2, 0.25) is 0 Å². The number of hydrogen-bond donors (Lipinski definition) is 1. The highest BCUT2D eigenvalue weighted by molar-refractivity contribution is 6.00. The van der Waals surface area contributed by atoms with Crippen LogP contribution in [0.2, 0.25) is 0 Å². The van der Waals surface area contributed by atoms with Gasteiger partial charge in [0.05, 0.1) is 31.3 Å². The third-order valence-corrected chi connectivity index (χ3v) is 5.79. The second-order valence-electron chi connectivity index (χ2n) is 7.73. The molecule has 2 aliphatic heterocycles. The molecule has 0 bridgehead atoms. The maximum Gasteiger partial charge on any atom is 0.272 e. The predicted molar refractivity (Wildman–Crippen MR) is 110 cm³/mol. The van der Waals surface area contributed by atoms with Crippen molar-refractivity contribution in [1.29, 1.82) is 0 Å². The molecule has 5 rings (SSSR count). The number of rotatable bonds is 3. The van der Waals surface area contributed by atoms with Gasteiger partial charge in [-0.1, -0.05) is 24.3 Å². The minimum Gasteiger partial charge on any atom is -0.496 e. The second kappa shape index (κ2) is 7.02. The maximum atomic E-state index is 13.1. The van der Waals surface area contributed by atoms with Crippen molar-refractivity contribution in [1.82, 2.24) is 15.1 Å². The Kier molecular flexibility index (Phi) is 4.31. The van der Waals surface area contributed by atoms with Gasteiger partial charge in [0.25, 0.3) is 5.91 Å². The minimum atomic E-state index is -0.660. The van der Waals surface area contributed by atoms with Crippen LogP contribution in [0.25, 0.3) is 11.3 Å². The molecule has 1 N–H and O–H groups in total. The van der Waals surface area contributed by atoms with Crippen LogP contribution in [0.15, 0.2) is 54.6 Å². The van der Waals surface area contributed by atoms with Crippen LogP contribution in [0.1, 0.15) is 33.7 Å². The van der Waals surface area contributed by atoms with E-state index in [4.69, 9.17) is 9.47 Å². The van der Waals surface area contributed by atoms with Gasteiger partial charge in [-0.15, -0.1) is 0 Å². The van der Waals surface area contributed by atoms with E-state index in [1.807, 2.05) is 42.5 Å². The zero-order chi connectivity index (χ0) is 20.7. The van der Waals surface area contributed by atoms with Crippen LogP contribution in [-0.2, 0) is 0 Å². The van der Waals surface area contributed by atoms with Crippen LogP contribution in [0.4, 0.5) is 0 Å². The van der Waals surface area contributed by atoms with Gasteiger partial charge in [-0.2, -0.15) is 5.10 Å². The first kappa shape index (κ1) is 18.4. The number of nitrogens with zero attached hydrogens (tertiary/aromatic N) is 2. The van der Waals surface area contributed by atoms with Gasteiger partial charge in [0.15, 0.2) is 5.78 Å². The van der Waals surface area contributed by atoms with E-state index in [0.29, 0.717) is 48.0 Å². The van der Waals surface area contributed by atoms with Crippen molar-refractivity contribution in [3.05, 3.63) is 65.9 Å². The number of methoxy groups -OCH3 is 1. The van der Waals surface area contributed by atoms with E-state index >= 15 is 0 Å². The average Bonchev–Trinajstić information content (AvgIpc) is 3.41. The molecule has 2 aliphatic rings. The third kappa shape index (κ3) is 3.03. The zero-order valence-corrected chi connectivity index (χ0v) is 16.6. The van der Waals surface area contributed by atoms with Crippen LogP contribution in [-0.4, -0.2) is 52.6 Å². The number of amides is 1. The number of ketones is 1. The van der Waals surface area contributed by atoms with Crippen LogP contribution in [0.3, 0.4) is 0 Å². The molecule has 0 saturated carbocycles. The third-order valence-electron chi connectivity index (χ3n) is 5.79. The summed E-state index contributed by atoms with van der Waals surface area (Å²) in [5.74, 6) is 1.19. The van der Waals surface area contributed by atoms with Crippen molar-refractivity contribution in [2.75, 3.05) is 20.2 Å². The van der Waals surface area contributed by atoms with Crippen LogP contribution < -0.4 is 9.47 Å². The molecule has 0 radical (unpaired) electrons. The van der Waals surface area contributed by atoms with E-state index in [0.717, 1.165) is 5.56 Å². The summed E-state index contributed by atoms with van der Waals surface area (Å²) < 4.78 is 11.6. The summed E-state index contributed by atoms with van der Waals surface area (Å²) in [5, 5.41) is 7.14. The summed E-state index contributed by atoms with van der Waals surface area (Å²) in [6, 6.07) is 16.5.